The Morgan fingerprint density at radius 3 is 2.70 bits per heavy atom. The molecule has 0 N–H and O–H groups in total. The van der Waals surface area contributed by atoms with Gasteiger partial charge in [-0.05, 0) is 36.8 Å². The van der Waals surface area contributed by atoms with Crippen molar-refractivity contribution in [2.24, 2.45) is 0 Å². The van der Waals surface area contributed by atoms with Crippen LogP contribution in [0.2, 0.25) is 0 Å². The monoisotopic (exact) mass is 422 g/mol. The van der Waals surface area contributed by atoms with Gasteiger partial charge in [-0.2, -0.15) is 8.78 Å². The fourth-order valence-corrected chi connectivity index (χ4v) is 4.35. The van der Waals surface area contributed by atoms with Crippen LogP contribution in [0, 0.1) is 0 Å². The summed E-state index contributed by atoms with van der Waals surface area (Å²) in [4.78, 5) is 9.42. The van der Waals surface area contributed by atoms with Crippen LogP contribution >= 0.6 is 11.3 Å². The predicted molar refractivity (Wildman–Crippen MR) is 114 cm³/mol. The highest BCUT2D eigenvalue weighted by molar-refractivity contribution is 7.13. The van der Waals surface area contributed by atoms with Crippen molar-refractivity contribution in [2.75, 3.05) is 0 Å². The fourth-order valence-electron chi connectivity index (χ4n) is 3.51. The summed E-state index contributed by atoms with van der Waals surface area (Å²) in [7, 11) is 0. The Kier molecular flexibility index (Phi) is 4.67. The van der Waals surface area contributed by atoms with Crippen molar-refractivity contribution in [3.8, 4) is 27.7 Å². The molecule has 0 amide bonds. The Morgan fingerprint density at radius 1 is 1.00 bits per heavy atom. The van der Waals surface area contributed by atoms with Gasteiger partial charge in [-0.15, -0.1) is 11.3 Å². The highest BCUT2D eigenvalue weighted by atomic mass is 32.1. The molecule has 2 aromatic carbocycles. The number of benzene rings is 2. The molecule has 0 saturated carbocycles. The average Bonchev–Trinajstić information content (AvgIpc) is 3.39. The van der Waals surface area contributed by atoms with Crippen LogP contribution < -0.4 is 4.74 Å². The maximum absolute atomic E-state index is 12.9. The molecule has 0 fully saturated rings. The summed E-state index contributed by atoms with van der Waals surface area (Å²) in [6.07, 6.45) is 0.845. The number of nitrogens with zero attached hydrogens (tertiary/aromatic N) is 2. The summed E-state index contributed by atoms with van der Waals surface area (Å²) in [6.45, 7) is -0.877. The van der Waals surface area contributed by atoms with Crippen LogP contribution in [-0.2, 0) is 6.42 Å². The lowest BCUT2D eigenvalue weighted by atomic mass is 10.1. The van der Waals surface area contributed by atoms with Crippen molar-refractivity contribution in [2.45, 2.75) is 20.0 Å². The molecule has 0 aliphatic heterocycles. The van der Waals surface area contributed by atoms with Crippen molar-refractivity contribution in [1.29, 1.82) is 0 Å². The van der Waals surface area contributed by atoms with Crippen LogP contribution in [0.25, 0.3) is 43.9 Å². The standard InChI is InChI=1S/C23H16F2N2O2S/c1-2-13-6-5-8-16(26-13)17-12-30-22(27-17)15-10-11-19(29-23(24)25)21-20(15)14-7-3-4-9-18(14)28-21/h3-12,23H,2H2,1H3. The number of para-hydroxylation sites is 1. The maximum Gasteiger partial charge on any atom is 0.387 e. The van der Waals surface area contributed by atoms with Gasteiger partial charge in [0, 0.05) is 27.4 Å². The molecule has 0 atom stereocenters. The number of pyridine rings is 1. The van der Waals surface area contributed by atoms with Gasteiger partial charge in [-0.1, -0.05) is 31.2 Å². The van der Waals surface area contributed by atoms with E-state index in [9.17, 15) is 8.78 Å². The highest BCUT2D eigenvalue weighted by Crippen LogP contribution is 2.42. The van der Waals surface area contributed by atoms with E-state index < -0.39 is 6.61 Å². The number of halogens is 2. The Morgan fingerprint density at radius 2 is 1.87 bits per heavy atom. The van der Waals surface area contributed by atoms with Crippen LogP contribution in [0.15, 0.2) is 64.4 Å². The number of aromatic nitrogens is 2. The lowest BCUT2D eigenvalue weighted by molar-refractivity contribution is -0.0493. The number of aryl methyl sites for hydroxylation is 1. The van der Waals surface area contributed by atoms with Crippen molar-refractivity contribution >= 4 is 33.3 Å². The van der Waals surface area contributed by atoms with Crippen LogP contribution in [0.5, 0.6) is 5.75 Å². The molecule has 0 radical (unpaired) electrons. The van der Waals surface area contributed by atoms with E-state index in [-0.39, 0.29) is 11.3 Å². The van der Waals surface area contributed by atoms with Gasteiger partial charge < -0.3 is 9.15 Å². The molecule has 0 saturated heterocycles. The minimum Gasteiger partial charge on any atom is -0.452 e. The Bertz CT molecular complexity index is 1360. The first-order valence-electron chi connectivity index (χ1n) is 9.45. The van der Waals surface area contributed by atoms with Crippen molar-refractivity contribution in [3.05, 3.63) is 65.7 Å². The van der Waals surface area contributed by atoms with E-state index in [4.69, 9.17) is 14.1 Å². The highest BCUT2D eigenvalue weighted by Gasteiger charge is 2.20. The van der Waals surface area contributed by atoms with E-state index in [1.54, 1.807) is 12.1 Å². The summed E-state index contributed by atoms with van der Waals surface area (Å²) in [6, 6.07) is 16.6. The van der Waals surface area contributed by atoms with Gasteiger partial charge in [0.2, 0.25) is 0 Å². The first kappa shape index (κ1) is 18.7. The van der Waals surface area contributed by atoms with E-state index in [1.165, 1.54) is 17.4 Å². The van der Waals surface area contributed by atoms with Crippen LogP contribution in [0.4, 0.5) is 8.78 Å². The molecule has 0 bridgehead atoms. The zero-order valence-electron chi connectivity index (χ0n) is 15.9. The normalized spacial score (nSPS) is 11.6. The summed E-state index contributed by atoms with van der Waals surface area (Å²) in [5.74, 6) is 0.00837. The molecule has 5 rings (SSSR count). The third kappa shape index (κ3) is 3.21. The molecule has 0 aliphatic rings. The van der Waals surface area contributed by atoms with E-state index >= 15 is 0 Å². The lowest BCUT2D eigenvalue weighted by Gasteiger charge is -2.07. The molecule has 150 valence electrons. The largest absolute Gasteiger partial charge is 0.452 e. The van der Waals surface area contributed by atoms with Gasteiger partial charge in [0.15, 0.2) is 11.3 Å². The quantitative estimate of drug-likeness (QED) is 0.308. The van der Waals surface area contributed by atoms with E-state index in [2.05, 4.69) is 11.9 Å². The molecule has 4 nitrogen and oxygen atoms in total. The van der Waals surface area contributed by atoms with Crippen molar-refractivity contribution < 1.29 is 17.9 Å². The maximum atomic E-state index is 12.9. The van der Waals surface area contributed by atoms with Crippen LogP contribution in [0.1, 0.15) is 12.6 Å². The van der Waals surface area contributed by atoms with Gasteiger partial charge in [-0.25, -0.2) is 4.98 Å². The second-order valence-electron chi connectivity index (χ2n) is 6.70. The molecule has 3 heterocycles. The third-order valence-corrected chi connectivity index (χ3v) is 5.75. The average molecular weight is 422 g/mol. The molecule has 0 unspecified atom stereocenters. The smallest absolute Gasteiger partial charge is 0.387 e. The second kappa shape index (κ2) is 7.50. The van der Waals surface area contributed by atoms with Crippen LogP contribution in [0.3, 0.4) is 0 Å². The number of hydrogen-bond donors (Lipinski definition) is 0. The van der Waals surface area contributed by atoms with Crippen LogP contribution in [-0.4, -0.2) is 16.6 Å². The van der Waals surface area contributed by atoms with E-state index in [0.29, 0.717) is 11.0 Å². The number of rotatable bonds is 5. The summed E-state index contributed by atoms with van der Waals surface area (Å²) in [5.41, 5.74) is 4.28. The number of thiazole rings is 1. The first-order valence-corrected chi connectivity index (χ1v) is 10.3. The third-order valence-electron chi connectivity index (χ3n) is 4.87. The zero-order chi connectivity index (χ0) is 20.7. The second-order valence-corrected chi connectivity index (χ2v) is 7.56. The van der Waals surface area contributed by atoms with E-state index in [0.717, 1.165) is 39.5 Å². The zero-order valence-corrected chi connectivity index (χ0v) is 16.7. The van der Waals surface area contributed by atoms with Gasteiger partial charge in [0.25, 0.3) is 0 Å². The van der Waals surface area contributed by atoms with Gasteiger partial charge in [0.05, 0.1) is 5.69 Å². The fraction of sp³-hybridized carbons (Fsp3) is 0.130. The molecule has 0 aliphatic carbocycles. The number of furan rings is 1. The minimum atomic E-state index is -2.93. The van der Waals surface area contributed by atoms with E-state index in [1.807, 2.05) is 41.8 Å². The van der Waals surface area contributed by atoms with Gasteiger partial charge >= 0.3 is 6.61 Å². The first-order chi connectivity index (χ1) is 14.6. The number of ether oxygens (including phenoxy) is 1. The lowest BCUT2D eigenvalue weighted by Crippen LogP contribution is -2.02. The molecule has 7 heteroatoms. The topological polar surface area (TPSA) is 48.2 Å². The molecular weight excluding hydrogens is 406 g/mol. The minimum absolute atomic E-state index is 0.00837. The molecule has 0 spiro atoms. The SMILES string of the molecule is CCc1cccc(-c2csc(-c3ccc(OC(F)F)c4oc5ccccc5c34)n2)n1. The summed E-state index contributed by atoms with van der Waals surface area (Å²) < 4.78 is 36.4. The Hall–Kier alpha value is -3.32. The van der Waals surface area contributed by atoms with Gasteiger partial charge in [0.1, 0.15) is 16.3 Å². The van der Waals surface area contributed by atoms with Crippen molar-refractivity contribution in [1.82, 2.24) is 9.97 Å². The number of hydrogen-bond acceptors (Lipinski definition) is 5. The molecule has 5 aromatic rings. The Balaban J connectivity index is 1.69. The summed E-state index contributed by atoms with van der Waals surface area (Å²) >= 11 is 1.48. The number of alkyl halides is 2. The molecular formula is C23H16F2N2O2S. The number of fused-ring (bicyclic) bond motifs is 3. The van der Waals surface area contributed by atoms with Crippen molar-refractivity contribution in [3.63, 3.8) is 0 Å². The molecule has 30 heavy (non-hydrogen) atoms. The summed E-state index contributed by atoms with van der Waals surface area (Å²) in [5, 5.41) is 4.24. The predicted octanol–water partition coefficient (Wildman–Crippen LogP) is 6.94. The molecule has 3 aromatic heterocycles. The Labute approximate surface area is 174 Å². The van der Waals surface area contributed by atoms with Gasteiger partial charge in [-0.3, -0.25) is 4.98 Å².